The van der Waals surface area contributed by atoms with Crippen LogP contribution in [-0.4, -0.2) is 9.78 Å². The van der Waals surface area contributed by atoms with Crippen molar-refractivity contribution in [2.24, 2.45) is 7.05 Å². The number of nitrogens with two attached hydrogens (primary N) is 1. The van der Waals surface area contributed by atoms with Gasteiger partial charge in [0.2, 0.25) is 0 Å². The van der Waals surface area contributed by atoms with Crippen molar-refractivity contribution in [1.82, 2.24) is 9.78 Å². The fraction of sp³-hybridized carbons (Fsp3) is 0.200. The number of anilines is 1. The van der Waals surface area contributed by atoms with Gasteiger partial charge in [-0.15, -0.1) is 0 Å². The fourth-order valence-corrected chi connectivity index (χ4v) is 0.594. The molecular weight excluding hydrogens is 116 g/mol. The maximum Gasteiger partial charge on any atom is 0.146 e. The summed E-state index contributed by atoms with van der Waals surface area (Å²) in [6.07, 6.45) is 0. The molecule has 0 atom stereocenters. The van der Waals surface area contributed by atoms with Crippen molar-refractivity contribution in [2.75, 3.05) is 5.73 Å². The van der Waals surface area contributed by atoms with Gasteiger partial charge in [-0.1, -0.05) is 0 Å². The van der Waals surface area contributed by atoms with Crippen molar-refractivity contribution in [2.45, 2.75) is 0 Å². The highest BCUT2D eigenvalue weighted by molar-refractivity contribution is 5.35. The van der Waals surface area contributed by atoms with Crippen LogP contribution in [0.4, 0.5) is 5.82 Å². The SMILES string of the molecule is Cn1nc(N)cc1C#N. The Morgan fingerprint density at radius 3 is 2.78 bits per heavy atom. The van der Waals surface area contributed by atoms with Gasteiger partial charge in [-0.05, 0) is 0 Å². The molecule has 0 radical (unpaired) electrons. The topological polar surface area (TPSA) is 67.6 Å². The molecule has 0 aliphatic carbocycles. The average molecular weight is 122 g/mol. The molecule has 4 heteroatoms. The van der Waals surface area contributed by atoms with Crippen LogP contribution in [0, 0.1) is 11.3 Å². The van der Waals surface area contributed by atoms with Gasteiger partial charge in [0.25, 0.3) is 0 Å². The zero-order chi connectivity index (χ0) is 6.85. The molecule has 0 amide bonds. The third kappa shape index (κ3) is 0.842. The molecular formula is C5H6N4. The molecule has 0 fully saturated rings. The van der Waals surface area contributed by atoms with E-state index >= 15 is 0 Å². The summed E-state index contributed by atoms with van der Waals surface area (Å²) in [6, 6.07) is 3.46. The van der Waals surface area contributed by atoms with Crippen LogP contribution in [-0.2, 0) is 7.05 Å². The van der Waals surface area contributed by atoms with Crippen molar-refractivity contribution >= 4 is 5.82 Å². The monoisotopic (exact) mass is 122 g/mol. The third-order valence-electron chi connectivity index (χ3n) is 1.01. The predicted molar refractivity (Wildman–Crippen MR) is 32.3 cm³/mol. The Kier molecular flexibility index (Phi) is 1.12. The number of hydrogen-bond donors (Lipinski definition) is 1. The molecule has 4 nitrogen and oxygen atoms in total. The number of rotatable bonds is 0. The van der Waals surface area contributed by atoms with Gasteiger partial charge in [0.05, 0.1) is 0 Å². The largest absolute Gasteiger partial charge is 0.382 e. The molecule has 46 valence electrons. The Bertz CT molecular complexity index is 254. The van der Waals surface area contributed by atoms with Gasteiger partial charge < -0.3 is 5.73 Å². The number of nitrogens with zero attached hydrogens (tertiary/aromatic N) is 3. The summed E-state index contributed by atoms with van der Waals surface area (Å²) in [7, 11) is 1.68. The maximum absolute atomic E-state index is 8.37. The first-order valence-corrected chi connectivity index (χ1v) is 2.43. The van der Waals surface area contributed by atoms with Crippen LogP contribution >= 0.6 is 0 Å². The molecule has 0 saturated heterocycles. The molecule has 1 aromatic heterocycles. The van der Waals surface area contributed by atoms with E-state index in [1.165, 1.54) is 10.7 Å². The molecule has 0 aromatic carbocycles. The second-order valence-electron chi connectivity index (χ2n) is 1.69. The van der Waals surface area contributed by atoms with Crippen LogP contribution in [0.15, 0.2) is 6.07 Å². The number of aromatic nitrogens is 2. The summed E-state index contributed by atoms with van der Waals surface area (Å²) in [5, 5.41) is 12.1. The molecule has 1 heterocycles. The predicted octanol–water partition coefficient (Wildman–Crippen LogP) is -0.126. The van der Waals surface area contributed by atoms with E-state index in [1.807, 2.05) is 6.07 Å². The summed E-state index contributed by atoms with van der Waals surface area (Å²) in [4.78, 5) is 0. The minimum Gasteiger partial charge on any atom is -0.382 e. The highest BCUT2D eigenvalue weighted by Gasteiger charge is 1.97. The van der Waals surface area contributed by atoms with Gasteiger partial charge in [0, 0.05) is 13.1 Å². The van der Waals surface area contributed by atoms with E-state index < -0.39 is 0 Å². The van der Waals surface area contributed by atoms with E-state index in [4.69, 9.17) is 11.0 Å². The quantitative estimate of drug-likeness (QED) is 0.521. The molecule has 0 bridgehead atoms. The Morgan fingerprint density at radius 1 is 1.89 bits per heavy atom. The van der Waals surface area contributed by atoms with Crippen LogP contribution < -0.4 is 5.73 Å². The lowest BCUT2D eigenvalue weighted by Gasteiger charge is -1.84. The van der Waals surface area contributed by atoms with Gasteiger partial charge in [-0.2, -0.15) is 10.4 Å². The molecule has 1 rings (SSSR count). The van der Waals surface area contributed by atoms with Gasteiger partial charge in [-0.25, -0.2) is 0 Å². The van der Waals surface area contributed by atoms with E-state index in [0.717, 1.165) is 0 Å². The first kappa shape index (κ1) is 5.63. The summed E-state index contributed by atoms with van der Waals surface area (Å²) in [6.45, 7) is 0. The van der Waals surface area contributed by atoms with Crippen molar-refractivity contribution < 1.29 is 0 Å². The van der Waals surface area contributed by atoms with E-state index in [1.54, 1.807) is 7.05 Å². The highest BCUT2D eigenvalue weighted by Crippen LogP contribution is 2.00. The second kappa shape index (κ2) is 1.78. The normalized spacial score (nSPS) is 8.89. The third-order valence-corrected chi connectivity index (χ3v) is 1.01. The van der Waals surface area contributed by atoms with Gasteiger partial charge >= 0.3 is 0 Å². The van der Waals surface area contributed by atoms with Crippen molar-refractivity contribution in [3.05, 3.63) is 11.8 Å². The molecule has 0 spiro atoms. The van der Waals surface area contributed by atoms with Gasteiger partial charge in [0.15, 0.2) is 0 Å². The van der Waals surface area contributed by atoms with E-state index in [9.17, 15) is 0 Å². The Labute approximate surface area is 52.5 Å². The smallest absolute Gasteiger partial charge is 0.146 e. The van der Waals surface area contributed by atoms with Crippen LogP contribution in [0.2, 0.25) is 0 Å². The van der Waals surface area contributed by atoms with E-state index in [0.29, 0.717) is 11.5 Å². The summed E-state index contributed by atoms with van der Waals surface area (Å²) >= 11 is 0. The molecule has 0 aliphatic rings. The Morgan fingerprint density at radius 2 is 2.56 bits per heavy atom. The number of nitriles is 1. The zero-order valence-electron chi connectivity index (χ0n) is 5.00. The first-order valence-electron chi connectivity index (χ1n) is 2.43. The van der Waals surface area contributed by atoms with Crippen LogP contribution in [0.3, 0.4) is 0 Å². The number of nitrogen functional groups attached to an aromatic ring is 1. The maximum atomic E-state index is 8.37. The Balaban J connectivity index is 3.20. The van der Waals surface area contributed by atoms with Crippen LogP contribution in [0.5, 0.6) is 0 Å². The minimum absolute atomic E-state index is 0.383. The van der Waals surface area contributed by atoms with E-state index in [2.05, 4.69) is 5.10 Å². The molecule has 0 saturated carbocycles. The van der Waals surface area contributed by atoms with E-state index in [-0.39, 0.29) is 0 Å². The average Bonchev–Trinajstić information content (AvgIpc) is 2.10. The van der Waals surface area contributed by atoms with Crippen LogP contribution in [0.25, 0.3) is 0 Å². The molecule has 0 unspecified atom stereocenters. The standard InChI is InChI=1S/C5H6N4/c1-9-4(3-6)2-5(7)8-9/h2H,1H3,(H2,7,8). The fourth-order valence-electron chi connectivity index (χ4n) is 0.594. The van der Waals surface area contributed by atoms with Crippen molar-refractivity contribution in [3.8, 4) is 6.07 Å². The lowest BCUT2D eigenvalue weighted by Crippen LogP contribution is -1.93. The van der Waals surface area contributed by atoms with Crippen LogP contribution in [0.1, 0.15) is 5.69 Å². The highest BCUT2D eigenvalue weighted by atomic mass is 15.3. The minimum atomic E-state index is 0.383. The zero-order valence-corrected chi connectivity index (χ0v) is 5.00. The lowest BCUT2D eigenvalue weighted by molar-refractivity contribution is 0.760. The first-order chi connectivity index (χ1) is 4.24. The van der Waals surface area contributed by atoms with Gasteiger partial charge in [0.1, 0.15) is 17.6 Å². The number of hydrogen-bond acceptors (Lipinski definition) is 3. The molecule has 0 aliphatic heterocycles. The molecule has 1 aromatic rings. The number of aryl methyl sites for hydroxylation is 1. The van der Waals surface area contributed by atoms with Crippen molar-refractivity contribution in [1.29, 1.82) is 5.26 Å². The summed E-state index contributed by atoms with van der Waals surface area (Å²) < 4.78 is 1.44. The molecule has 9 heavy (non-hydrogen) atoms. The summed E-state index contributed by atoms with van der Waals surface area (Å²) in [5.74, 6) is 0.383. The van der Waals surface area contributed by atoms with Crippen molar-refractivity contribution in [3.63, 3.8) is 0 Å². The summed E-state index contributed by atoms with van der Waals surface area (Å²) in [5.41, 5.74) is 5.75. The second-order valence-corrected chi connectivity index (χ2v) is 1.69. The molecule has 2 N–H and O–H groups in total. The van der Waals surface area contributed by atoms with Gasteiger partial charge in [-0.3, -0.25) is 4.68 Å². The lowest BCUT2D eigenvalue weighted by atomic mass is 10.4. The Hall–Kier alpha value is -1.50.